The summed E-state index contributed by atoms with van der Waals surface area (Å²) in [6, 6.07) is 8.11. The Kier molecular flexibility index (Phi) is 5.93. The summed E-state index contributed by atoms with van der Waals surface area (Å²) in [5.41, 5.74) is -3.92. The van der Waals surface area contributed by atoms with Crippen LogP contribution in [-0.2, 0) is 11.0 Å². The van der Waals surface area contributed by atoms with Gasteiger partial charge in [-0.25, -0.2) is 0 Å². The molecule has 1 amide bonds. The van der Waals surface area contributed by atoms with Crippen molar-refractivity contribution in [2.75, 3.05) is 5.32 Å². The second-order valence-electron chi connectivity index (χ2n) is 5.46. The molecule has 0 aliphatic heterocycles. The van der Waals surface area contributed by atoms with E-state index in [1.165, 1.54) is 24.3 Å². The molecule has 2 rings (SSSR count). The van der Waals surface area contributed by atoms with Gasteiger partial charge in [0, 0.05) is 24.3 Å². The number of rotatable bonds is 5. The van der Waals surface area contributed by atoms with Gasteiger partial charge in [-0.1, -0.05) is 12.1 Å². The summed E-state index contributed by atoms with van der Waals surface area (Å²) >= 11 is 0. The molecule has 0 radical (unpaired) electrons. The van der Waals surface area contributed by atoms with E-state index in [0.717, 1.165) is 18.2 Å². The highest BCUT2D eigenvalue weighted by molar-refractivity contribution is 6.10. The molecule has 0 bridgehead atoms. The van der Waals surface area contributed by atoms with Crippen LogP contribution in [0.25, 0.3) is 6.08 Å². The lowest BCUT2D eigenvalue weighted by Crippen LogP contribution is -2.18. The molecular formula is C17H9F3N4O5. The van der Waals surface area contributed by atoms with Gasteiger partial charge in [-0.05, 0) is 17.7 Å². The number of alkyl halides is 3. The Morgan fingerprint density at radius 1 is 1.07 bits per heavy atom. The Morgan fingerprint density at radius 3 is 2.24 bits per heavy atom. The van der Waals surface area contributed by atoms with Crippen LogP contribution >= 0.6 is 0 Å². The maximum atomic E-state index is 13.2. The van der Waals surface area contributed by atoms with Crippen LogP contribution in [0.1, 0.15) is 11.1 Å². The first-order chi connectivity index (χ1) is 13.5. The van der Waals surface area contributed by atoms with Crippen LogP contribution in [0.2, 0.25) is 0 Å². The highest BCUT2D eigenvalue weighted by atomic mass is 19.4. The van der Waals surface area contributed by atoms with Gasteiger partial charge < -0.3 is 5.32 Å². The van der Waals surface area contributed by atoms with Gasteiger partial charge in [0.15, 0.2) is 0 Å². The Balaban J connectivity index is 2.40. The van der Waals surface area contributed by atoms with Gasteiger partial charge in [0.2, 0.25) is 0 Å². The topological polar surface area (TPSA) is 139 Å². The molecule has 12 heteroatoms. The molecule has 0 heterocycles. The number of halogens is 3. The number of nitrogens with one attached hydrogen (secondary N) is 1. The van der Waals surface area contributed by atoms with E-state index in [1.807, 2.05) is 5.32 Å². The van der Waals surface area contributed by atoms with Crippen LogP contribution in [0.3, 0.4) is 0 Å². The first-order valence-corrected chi connectivity index (χ1v) is 7.56. The van der Waals surface area contributed by atoms with Crippen LogP contribution < -0.4 is 5.32 Å². The number of non-ortho nitro benzene ring substituents is 2. The van der Waals surface area contributed by atoms with Crippen molar-refractivity contribution in [3.05, 3.63) is 79.4 Å². The highest BCUT2D eigenvalue weighted by Gasteiger charge is 2.35. The van der Waals surface area contributed by atoms with E-state index >= 15 is 0 Å². The predicted molar refractivity (Wildman–Crippen MR) is 93.4 cm³/mol. The summed E-state index contributed by atoms with van der Waals surface area (Å²) < 4.78 is 39.5. The molecule has 9 nitrogen and oxygen atoms in total. The lowest BCUT2D eigenvalue weighted by molar-refractivity contribution is -0.385. The van der Waals surface area contributed by atoms with E-state index in [4.69, 9.17) is 5.26 Å². The molecule has 148 valence electrons. The lowest BCUT2D eigenvalue weighted by Gasteiger charge is -2.13. The number of carbonyl (C=O) groups is 1. The predicted octanol–water partition coefficient (Wildman–Crippen LogP) is 4.07. The number of nitrogens with zero attached hydrogens (tertiary/aromatic N) is 3. The number of anilines is 1. The van der Waals surface area contributed by atoms with Crippen LogP contribution in [-0.4, -0.2) is 15.8 Å². The molecule has 0 saturated carbocycles. The normalized spacial score (nSPS) is 11.4. The summed E-state index contributed by atoms with van der Waals surface area (Å²) in [5.74, 6) is -1.22. The number of carbonyl (C=O) groups excluding carboxylic acids is 1. The number of amides is 1. The molecule has 2 aromatic carbocycles. The minimum Gasteiger partial charge on any atom is -0.321 e. The number of hydrogen-bond donors (Lipinski definition) is 1. The molecule has 29 heavy (non-hydrogen) atoms. The van der Waals surface area contributed by atoms with Crippen molar-refractivity contribution in [2.45, 2.75) is 6.18 Å². The van der Waals surface area contributed by atoms with Gasteiger partial charge in [-0.2, -0.15) is 18.4 Å². The third-order valence-corrected chi connectivity index (χ3v) is 3.52. The summed E-state index contributed by atoms with van der Waals surface area (Å²) in [4.78, 5) is 32.0. The molecular weight excluding hydrogens is 397 g/mol. The number of hydrogen-bond acceptors (Lipinski definition) is 6. The van der Waals surface area contributed by atoms with Gasteiger partial charge in [0.1, 0.15) is 11.6 Å². The number of benzene rings is 2. The van der Waals surface area contributed by atoms with Gasteiger partial charge in [0.05, 0.1) is 21.1 Å². The van der Waals surface area contributed by atoms with Crippen LogP contribution in [0.5, 0.6) is 0 Å². The smallest absolute Gasteiger partial charge is 0.321 e. The van der Waals surface area contributed by atoms with Crippen LogP contribution in [0, 0.1) is 31.6 Å². The van der Waals surface area contributed by atoms with E-state index in [1.54, 1.807) is 0 Å². The molecule has 0 aliphatic rings. The Hall–Kier alpha value is -4.27. The van der Waals surface area contributed by atoms with Crippen molar-refractivity contribution in [2.24, 2.45) is 0 Å². The summed E-state index contributed by atoms with van der Waals surface area (Å²) in [6.45, 7) is 0. The summed E-state index contributed by atoms with van der Waals surface area (Å²) in [6.07, 6.45) is -4.05. The minimum absolute atomic E-state index is 0.102. The first kappa shape index (κ1) is 21.0. The number of nitriles is 1. The van der Waals surface area contributed by atoms with E-state index in [9.17, 15) is 38.2 Å². The van der Waals surface area contributed by atoms with E-state index in [0.29, 0.717) is 6.07 Å². The molecule has 2 aromatic rings. The SMILES string of the molecule is N#CC(=Cc1cccc([N+](=O)[O-])c1)C(=O)Nc1ccc([N+](=O)[O-])cc1C(F)(F)F. The van der Waals surface area contributed by atoms with E-state index < -0.39 is 44.4 Å². The second kappa shape index (κ2) is 8.17. The molecule has 0 spiro atoms. The monoisotopic (exact) mass is 406 g/mol. The number of nitro groups is 2. The quantitative estimate of drug-likeness (QED) is 0.344. The zero-order chi connectivity index (χ0) is 21.8. The fraction of sp³-hybridized carbons (Fsp3) is 0.0588. The Labute approximate surface area is 160 Å². The third kappa shape index (κ3) is 5.13. The standard InChI is InChI=1S/C17H9F3N4O5/c18-17(19,20)14-8-13(24(28)29)4-5-15(14)22-16(25)11(9-21)6-10-2-1-3-12(7-10)23(26)27/h1-8H,(H,22,25). The minimum atomic E-state index is -5.01. The highest BCUT2D eigenvalue weighted by Crippen LogP contribution is 2.37. The number of nitro benzene ring substituents is 2. The van der Waals surface area contributed by atoms with Crippen molar-refractivity contribution in [3.63, 3.8) is 0 Å². The fourth-order valence-electron chi connectivity index (χ4n) is 2.22. The zero-order valence-corrected chi connectivity index (χ0v) is 14.1. The largest absolute Gasteiger partial charge is 0.418 e. The van der Waals surface area contributed by atoms with E-state index in [-0.39, 0.29) is 17.3 Å². The fourth-order valence-corrected chi connectivity index (χ4v) is 2.22. The molecule has 0 fully saturated rings. The van der Waals surface area contributed by atoms with Crippen molar-refractivity contribution >= 4 is 29.0 Å². The van der Waals surface area contributed by atoms with Gasteiger partial charge in [-0.3, -0.25) is 25.0 Å². The molecule has 0 saturated heterocycles. The van der Waals surface area contributed by atoms with Crippen molar-refractivity contribution in [1.82, 2.24) is 0 Å². The Morgan fingerprint density at radius 2 is 1.69 bits per heavy atom. The zero-order valence-electron chi connectivity index (χ0n) is 14.1. The van der Waals surface area contributed by atoms with Gasteiger partial charge in [0.25, 0.3) is 17.3 Å². The average molecular weight is 406 g/mol. The van der Waals surface area contributed by atoms with Crippen LogP contribution in [0.15, 0.2) is 48.0 Å². The van der Waals surface area contributed by atoms with Crippen LogP contribution in [0.4, 0.5) is 30.2 Å². The molecule has 0 aromatic heterocycles. The summed E-state index contributed by atoms with van der Waals surface area (Å²) in [5, 5.41) is 32.5. The summed E-state index contributed by atoms with van der Waals surface area (Å²) in [7, 11) is 0. The Bertz CT molecular complexity index is 1070. The molecule has 0 atom stereocenters. The maximum Gasteiger partial charge on any atom is 0.418 e. The first-order valence-electron chi connectivity index (χ1n) is 7.56. The van der Waals surface area contributed by atoms with Crippen molar-refractivity contribution in [3.8, 4) is 6.07 Å². The maximum absolute atomic E-state index is 13.2. The average Bonchev–Trinajstić information content (AvgIpc) is 2.65. The van der Waals surface area contributed by atoms with Gasteiger partial charge >= 0.3 is 6.18 Å². The van der Waals surface area contributed by atoms with Crippen molar-refractivity contribution in [1.29, 1.82) is 5.26 Å². The van der Waals surface area contributed by atoms with Gasteiger partial charge in [-0.15, -0.1) is 0 Å². The second-order valence-corrected chi connectivity index (χ2v) is 5.46. The molecule has 0 unspecified atom stereocenters. The molecule has 1 N–H and O–H groups in total. The molecule has 0 aliphatic carbocycles. The van der Waals surface area contributed by atoms with E-state index in [2.05, 4.69) is 0 Å². The van der Waals surface area contributed by atoms with Crippen molar-refractivity contribution < 1.29 is 27.8 Å². The third-order valence-electron chi connectivity index (χ3n) is 3.52. The lowest BCUT2D eigenvalue weighted by atomic mass is 10.1.